The van der Waals surface area contributed by atoms with Gasteiger partial charge in [0, 0.05) is 28.1 Å². The quantitative estimate of drug-likeness (QED) is 0.614. The maximum absolute atomic E-state index is 12.1. The minimum Gasteiger partial charge on any atom is -0.374 e. The van der Waals surface area contributed by atoms with E-state index in [-0.39, 0.29) is 11.9 Å². The number of hydrazone groups is 1. The Morgan fingerprint density at radius 2 is 2.14 bits per heavy atom. The molecule has 0 saturated heterocycles. The first kappa shape index (κ1) is 16.2. The number of rotatable bonds is 6. The number of nitrogens with zero attached hydrogens (tertiary/aromatic N) is 2. The van der Waals surface area contributed by atoms with Gasteiger partial charge in [-0.2, -0.15) is 5.10 Å². The molecule has 1 amide bonds. The van der Waals surface area contributed by atoms with E-state index in [1.165, 1.54) is 0 Å². The van der Waals surface area contributed by atoms with Crippen LogP contribution in [0.1, 0.15) is 18.9 Å². The number of benzene rings is 1. The van der Waals surface area contributed by atoms with E-state index in [9.17, 15) is 4.79 Å². The van der Waals surface area contributed by atoms with Crippen LogP contribution in [0.5, 0.6) is 0 Å². The zero-order valence-electron chi connectivity index (χ0n) is 12.2. The molecule has 2 rings (SSSR count). The molecule has 0 aliphatic carbocycles. The topological polar surface area (TPSA) is 66.4 Å². The summed E-state index contributed by atoms with van der Waals surface area (Å²) in [5.41, 5.74) is 4.27. The average Bonchev–Trinajstić information content (AvgIpc) is 2.55. The van der Waals surface area contributed by atoms with Gasteiger partial charge in [-0.3, -0.25) is 9.78 Å². The van der Waals surface area contributed by atoms with E-state index in [1.807, 2.05) is 43.3 Å². The highest BCUT2D eigenvalue weighted by atomic mass is 79.9. The number of carbonyl (C=O) groups is 1. The molecule has 2 N–H and O–H groups in total. The molecule has 5 nitrogen and oxygen atoms in total. The Morgan fingerprint density at radius 3 is 2.77 bits per heavy atom. The van der Waals surface area contributed by atoms with Gasteiger partial charge in [-0.1, -0.05) is 28.9 Å². The second-order valence-corrected chi connectivity index (χ2v) is 5.55. The third kappa shape index (κ3) is 4.96. The van der Waals surface area contributed by atoms with Crippen LogP contribution in [0.25, 0.3) is 0 Å². The lowest BCUT2D eigenvalue weighted by atomic mass is 10.2. The van der Waals surface area contributed by atoms with Gasteiger partial charge in [0.1, 0.15) is 6.04 Å². The van der Waals surface area contributed by atoms with E-state index >= 15 is 0 Å². The van der Waals surface area contributed by atoms with Crippen LogP contribution in [-0.4, -0.2) is 23.1 Å². The molecular weight excluding hydrogens is 344 g/mol. The summed E-state index contributed by atoms with van der Waals surface area (Å²) < 4.78 is 0.997. The summed E-state index contributed by atoms with van der Waals surface area (Å²) in [6, 6.07) is 11.0. The van der Waals surface area contributed by atoms with Gasteiger partial charge in [0.2, 0.25) is 0 Å². The monoisotopic (exact) mass is 360 g/mol. The Balaban J connectivity index is 1.91. The van der Waals surface area contributed by atoms with Crippen LogP contribution in [0.4, 0.5) is 5.69 Å². The van der Waals surface area contributed by atoms with Crippen LogP contribution in [-0.2, 0) is 4.79 Å². The fourth-order valence-electron chi connectivity index (χ4n) is 1.80. The van der Waals surface area contributed by atoms with Crippen LogP contribution in [0.3, 0.4) is 0 Å². The number of carbonyl (C=O) groups excluding carboxylic acids is 1. The van der Waals surface area contributed by atoms with Crippen molar-refractivity contribution in [1.82, 2.24) is 10.4 Å². The van der Waals surface area contributed by atoms with Gasteiger partial charge in [0.05, 0.1) is 6.21 Å². The van der Waals surface area contributed by atoms with Crippen LogP contribution < -0.4 is 10.7 Å². The third-order valence-electron chi connectivity index (χ3n) is 2.98. The van der Waals surface area contributed by atoms with Gasteiger partial charge in [-0.25, -0.2) is 5.43 Å². The summed E-state index contributed by atoms with van der Waals surface area (Å²) in [5, 5.41) is 7.14. The van der Waals surface area contributed by atoms with Gasteiger partial charge >= 0.3 is 0 Å². The minimum atomic E-state index is -0.341. The van der Waals surface area contributed by atoms with Crippen molar-refractivity contribution in [2.75, 3.05) is 5.32 Å². The van der Waals surface area contributed by atoms with Crippen molar-refractivity contribution < 1.29 is 4.79 Å². The largest absolute Gasteiger partial charge is 0.374 e. The Kier molecular flexibility index (Phi) is 6.09. The maximum atomic E-state index is 12.1. The highest BCUT2D eigenvalue weighted by Gasteiger charge is 2.15. The first-order valence-corrected chi connectivity index (χ1v) is 7.73. The molecule has 6 heteroatoms. The van der Waals surface area contributed by atoms with Crippen LogP contribution in [0.15, 0.2) is 58.4 Å². The number of aromatic nitrogens is 1. The minimum absolute atomic E-state index is 0.175. The number of pyridine rings is 1. The van der Waals surface area contributed by atoms with Crippen molar-refractivity contribution >= 4 is 33.7 Å². The number of amides is 1. The van der Waals surface area contributed by atoms with Crippen molar-refractivity contribution in [3.63, 3.8) is 0 Å². The van der Waals surface area contributed by atoms with Gasteiger partial charge < -0.3 is 5.32 Å². The molecule has 22 heavy (non-hydrogen) atoms. The molecule has 0 radical (unpaired) electrons. The molecule has 0 saturated carbocycles. The predicted molar refractivity (Wildman–Crippen MR) is 91.8 cm³/mol. The Hall–Kier alpha value is -2.21. The smallest absolute Gasteiger partial charge is 0.262 e. The number of hydrogen-bond donors (Lipinski definition) is 2. The molecule has 1 aromatic carbocycles. The van der Waals surface area contributed by atoms with Crippen molar-refractivity contribution in [2.45, 2.75) is 19.4 Å². The van der Waals surface area contributed by atoms with Crippen LogP contribution >= 0.6 is 15.9 Å². The van der Waals surface area contributed by atoms with Crippen molar-refractivity contribution in [3.05, 3.63) is 58.8 Å². The second kappa shape index (κ2) is 8.29. The molecule has 1 aromatic heterocycles. The van der Waals surface area contributed by atoms with E-state index in [0.29, 0.717) is 6.42 Å². The first-order chi connectivity index (χ1) is 10.7. The van der Waals surface area contributed by atoms with Gasteiger partial charge in [0.25, 0.3) is 5.91 Å². The van der Waals surface area contributed by atoms with Crippen molar-refractivity contribution in [2.24, 2.45) is 5.10 Å². The van der Waals surface area contributed by atoms with E-state index in [4.69, 9.17) is 0 Å². The Labute approximate surface area is 138 Å². The number of hydrogen-bond acceptors (Lipinski definition) is 4. The van der Waals surface area contributed by atoms with Crippen molar-refractivity contribution in [3.8, 4) is 0 Å². The van der Waals surface area contributed by atoms with E-state index in [2.05, 4.69) is 36.8 Å². The first-order valence-electron chi connectivity index (χ1n) is 6.94. The van der Waals surface area contributed by atoms with Crippen LogP contribution in [0.2, 0.25) is 0 Å². The third-order valence-corrected chi connectivity index (χ3v) is 3.51. The summed E-state index contributed by atoms with van der Waals surface area (Å²) in [4.78, 5) is 16.1. The van der Waals surface area contributed by atoms with E-state index in [0.717, 1.165) is 15.7 Å². The summed E-state index contributed by atoms with van der Waals surface area (Å²) >= 11 is 3.38. The molecule has 1 atom stereocenters. The molecular formula is C16H17BrN4O. The second-order valence-electron chi connectivity index (χ2n) is 4.63. The highest BCUT2D eigenvalue weighted by molar-refractivity contribution is 9.10. The standard InChI is InChI=1S/C16H17BrN4O/c1-2-15(20-14-7-5-13(17)6-8-14)16(22)21-19-11-12-4-3-9-18-10-12/h3-11,15,20H,2H2,1H3,(H,21,22). The average molecular weight is 361 g/mol. The Bertz CT molecular complexity index is 628. The summed E-state index contributed by atoms with van der Waals surface area (Å²) in [6.45, 7) is 1.95. The molecule has 0 aliphatic heterocycles. The van der Waals surface area contributed by atoms with Gasteiger partial charge in [-0.05, 0) is 36.8 Å². The molecule has 0 spiro atoms. The number of anilines is 1. The van der Waals surface area contributed by atoms with E-state index < -0.39 is 0 Å². The lowest BCUT2D eigenvalue weighted by molar-refractivity contribution is -0.121. The lowest BCUT2D eigenvalue weighted by Crippen LogP contribution is -2.36. The van der Waals surface area contributed by atoms with Crippen LogP contribution in [0, 0.1) is 0 Å². The Morgan fingerprint density at radius 1 is 1.36 bits per heavy atom. The maximum Gasteiger partial charge on any atom is 0.262 e. The normalized spacial score (nSPS) is 12.1. The van der Waals surface area contributed by atoms with Crippen molar-refractivity contribution in [1.29, 1.82) is 0 Å². The lowest BCUT2D eigenvalue weighted by Gasteiger charge is -2.16. The number of halogens is 1. The van der Waals surface area contributed by atoms with Gasteiger partial charge in [-0.15, -0.1) is 0 Å². The summed E-state index contributed by atoms with van der Waals surface area (Å²) in [7, 11) is 0. The molecule has 1 heterocycles. The number of nitrogens with one attached hydrogen (secondary N) is 2. The predicted octanol–water partition coefficient (Wildman–Crippen LogP) is 3.18. The fraction of sp³-hybridized carbons (Fsp3) is 0.188. The molecule has 2 aromatic rings. The highest BCUT2D eigenvalue weighted by Crippen LogP contribution is 2.15. The molecule has 114 valence electrons. The zero-order chi connectivity index (χ0) is 15.8. The summed E-state index contributed by atoms with van der Waals surface area (Å²) in [5.74, 6) is -0.175. The van der Waals surface area contributed by atoms with E-state index in [1.54, 1.807) is 18.6 Å². The molecule has 0 aliphatic rings. The van der Waals surface area contributed by atoms with Gasteiger partial charge in [0.15, 0.2) is 0 Å². The molecule has 1 unspecified atom stereocenters. The molecule has 0 fully saturated rings. The molecule has 0 bridgehead atoms. The summed E-state index contributed by atoms with van der Waals surface area (Å²) in [6.07, 6.45) is 5.58. The zero-order valence-corrected chi connectivity index (χ0v) is 13.7. The SMILES string of the molecule is CCC(Nc1ccc(Br)cc1)C(=O)NN=Cc1cccnc1. The fourth-order valence-corrected chi connectivity index (χ4v) is 2.07.